The Morgan fingerprint density at radius 3 is 3.06 bits per heavy atom. The smallest absolute Gasteiger partial charge is 0.0334 e. The minimum absolute atomic E-state index is 0.591. The number of rotatable bonds is 6. The number of fused-ring (bicyclic) bond motifs is 1. The second-order valence-corrected chi connectivity index (χ2v) is 6.23. The van der Waals surface area contributed by atoms with E-state index < -0.39 is 0 Å². The molecule has 0 spiro atoms. The van der Waals surface area contributed by atoms with Gasteiger partial charge in [0.1, 0.15) is 0 Å². The fourth-order valence-corrected chi connectivity index (χ4v) is 3.93. The van der Waals surface area contributed by atoms with Crippen LogP contribution in [0.3, 0.4) is 0 Å². The van der Waals surface area contributed by atoms with Gasteiger partial charge in [0, 0.05) is 30.1 Å². The van der Waals surface area contributed by atoms with Crippen LogP contribution in [0.1, 0.15) is 50.1 Å². The maximum Gasteiger partial charge on any atom is 0.0334 e. The third-order valence-corrected chi connectivity index (χ3v) is 5.07. The molecule has 0 amide bonds. The molecule has 0 fully saturated rings. The molecule has 1 aliphatic rings. The highest BCUT2D eigenvalue weighted by molar-refractivity contribution is 7.10. The van der Waals surface area contributed by atoms with E-state index in [-0.39, 0.29) is 0 Å². The van der Waals surface area contributed by atoms with Crippen LogP contribution in [0.4, 0.5) is 0 Å². The molecule has 2 unspecified atom stereocenters. The average molecular weight is 266 g/mol. The van der Waals surface area contributed by atoms with Gasteiger partial charge in [-0.15, -0.1) is 11.3 Å². The van der Waals surface area contributed by atoms with E-state index in [4.69, 9.17) is 0 Å². The van der Waals surface area contributed by atoms with Gasteiger partial charge in [-0.25, -0.2) is 0 Å². The summed E-state index contributed by atoms with van der Waals surface area (Å²) < 4.78 is 0. The van der Waals surface area contributed by atoms with Gasteiger partial charge < -0.3 is 5.32 Å². The molecule has 1 aromatic heterocycles. The second kappa shape index (κ2) is 6.69. The van der Waals surface area contributed by atoms with E-state index in [2.05, 4.69) is 42.4 Å². The highest BCUT2D eigenvalue weighted by Crippen LogP contribution is 2.34. The summed E-state index contributed by atoms with van der Waals surface area (Å²) in [5.41, 5.74) is 1.57. The Morgan fingerprint density at radius 1 is 1.50 bits per heavy atom. The standard InChI is InChI=1S/C15H26N2S/c1-4-8-16-11-13(5-2)17-9-6-15-14(12(17)3)7-10-18-15/h7,10,12-13,16H,4-6,8-9,11H2,1-3H3. The molecule has 2 heterocycles. The van der Waals surface area contributed by atoms with Crippen LogP contribution in [0.25, 0.3) is 0 Å². The average Bonchev–Trinajstić information content (AvgIpc) is 2.85. The van der Waals surface area contributed by atoms with Crippen LogP contribution in [0, 0.1) is 0 Å². The summed E-state index contributed by atoms with van der Waals surface area (Å²) >= 11 is 1.93. The normalized spacial score (nSPS) is 21.8. The summed E-state index contributed by atoms with van der Waals surface area (Å²) in [6, 6.07) is 3.59. The maximum absolute atomic E-state index is 3.58. The highest BCUT2D eigenvalue weighted by Gasteiger charge is 2.28. The van der Waals surface area contributed by atoms with Crippen molar-refractivity contribution >= 4 is 11.3 Å². The zero-order chi connectivity index (χ0) is 13.0. The lowest BCUT2D eigenvalue weighted by molar-refractivity contribution is 0.129. The molecule has 0 aliphatic carbocycles. The zero-order valence-corrected chi connectivity index (χ0v) is 12.7. The fraction of sp³-hybridized carbons (Fsp3) is 0.733. The highest BCUT2D eigenvalue weighted by atomic mass is 32.1. The quantitative estimate of drug-likeness (QED) is 0.793. The first-order valence-corrected chi connectivity index (χ1v) is 8.18. The Hall–Kier alpha value is -0.380. The van der Waals surface area contributed by atoms with Crippen LogP contribution in [-0.4, -0.2) is 30.6 Å². The Morgan fingerprint density at radius 2 is 2.33 bits per heavy atom. The van der Waals surface area contributed by atoms with Gasteiger partial charge in [0.2, 0.25) is 0 Å². The Balaban J connectivity index is 1.99. The minimum atomic E-state index is 0.591. The molecule has 18 heavy (non-hydrogen) atoms. The molecular weight excluding hydrogens is 240 g/mol. The fourth-order valence-electron chi connectivity index (χ4n) is 2.97. The van der Waals surface area contributed by atoms with Crippen molar-refractivity contribution in [3.63, 3.8) is 0 Å². The topological polar surface area (TPSA) is 15.3 Å². The molecule has 3 heteroatoms. The first-order chi connectivity index (χ1) is 8.77. The summed E-state index contributed by atoms with van der Waals surface area (Å²) in [7, 11) is 0. The minimum Gasteiger partial charge on any atom is -0.315 e. The number of nitrogens with zero attached hydrogens (tertiary/aromatic N) is 1. The zero-order valence-electron chi connectivity index (χ0n) is 11.9. The Labute approximate surface area is 115 Å². The molecular formula is C15H26N2S. The van der Waals surface area contributed by atoms with Crippen molar-refractivity contribution in [3.8, 4) is 0 Å². The van der Waals surface area contributed by atoms with Gasteiger partial charge in [0.25, 0.3) is 0 Å². The summed E-state index contributed by atoms with van der Waals surface area (Å²) in [5, 5.41) is 5.83. The van der Waals surface area contributed by atoms with Crippen LogP contribution in [0.15, 0.2) is 11.4 Å². The van der Waals surface area contributed by atoms with Gasteiger partial charge in [-0.1, -0.05) is 13.8 Å². The summed E-state index contributed by atoms with van der Waals surface area (Å²) in [6.45, 7) is 10.4. The Bertz CT molecular complexity index is 361. The van der Waals surface area contributed by atoms with Crippen molar-refractivity contribution in [2.45, 2.75) is 52.1 Å². The molecule has 2 atom stereocenters. The van der Waals surface area contributed by atoms with Crippen molar-refractivity contribution < 1.29 is 0 Å². The van der Waals surface area contributed by atoms with Gasteiger partial charge >= 0.3 is 0 Å². The molecule has 0 aromatic carbocycles. The lowest BCUT2D eigenvalue weighted by Crippen LogP contribution is -2.46. The van der Waals surface area contributed by atoms with E-state index >= 15 is 0 Å². The molecule has 102 valence electrons. The van der Waals surface area contributed by atoms with Crippen LogP contribution in [-0.2, 0) is 6.42 Å². The van der Waals surface area contributed by atoms with Gasteiger partial charge in [0.15, 0.2) is 0 Å². The second-order valence-electron chi connectivity index (χ2n) is 5.23. The molecule has 0 saturated carbocycles. The van der Waals surface area contributed by atoms with E-state index in [9.17, 15) is 0 Å². The monoisotopic (exact) mass is 266 g/mol. The van der Waals surface area contributed by atoms with Crippen molar-refractivity contribution in [1.82, 2.24) is 10.2 Å². The van der Waals surface area contributed by atoms with Crippen LogP contribution in [0.5, 0.6) is 0 Å². The summed E-state index contributed by atoms with van der Waals surface area (Å²) in [4.78, 5) is 4.30. The summed E-state index contributed by atoms with van der Waals surface area (Å²) in [6.07, 6.45) is 3.70. The third kappa shape index (κ3) is 2.95. The van der Waals surface area contributed by atoms with E-state index in [0.717, 1.165) is 13.1 Å². The predicted molar refractivity (Wildman–Crippen MR) is 80.4 cm³/mol. The van der Waals surface area contributed by atoms with Gasteiger partial charge in [-0.2, -0.15) is 0 Å². The van der Waals surface area contributed by atoms with Crippen LogP contribution in [0.2, 0.25) is 0 Å². The predicted octanol–water partition coefficient (Wildman–Crippen LogP) is 3.45. The number of hydrogen-bond donors (Lipinski definition) is 1. The SMILES string of the molecule is CCCNCC(CC)N1CCc2sccc2C1C. The van der Waals surface area contributed by atoms with E-state index in [1.807, 2.05) is 11.3 Å². The number of nitrogens with one attached hydrogen (secondary N) is 1. The van der Waals surface area contributed by atoms with E-state index in [1.54, 1.807) is 10.4 Å². The van der Waals surface area contributed by atoms with Crippen LogP contribution >= 0.6 is 11.3 Å². The Kier molecular flexibility index (Phi) is 5.22. The number of hydrogen-bond acceptors (Lipinski definition) is 3. The molecule has 1 aromatic rings. The van der Waals surface area contributed by atoms with E-state index in [1.165, 1.54) is 25.8 Å². The van der Waals surface area contributed by atoms with Crippen molar-refractivity contribution in [1.29, 1.82) is 0 Å². The van der Waals surface area contributed by atoms with E-state index in [0.29, 0.717) is 12.1 Å². The van der Waals surface area contributed by atoms with Crippen molar-refractivity contribution in [3.05, 3.63) is 21.9 Å². The summed E-state index contributed by atoms with van der Waals surface area (Å²) in [5.74, 6) is 0. The van der Waals surface area contributed by atoms with Crippen molar-refractivity contribution in [2.75, 3.05) is 19.6 Å². The lowest BCUT2D eigenvalue weighted by atomic mass is 9.98. The lowest BCUT2D eigenvalue weighted by Gasteiger charge is -2.39. The van der Waals surface area contributed by atoms with Crippen LogP contribution < -0.4 is 5.32 Å². The molecule has 2 rings (SSSR count). The largest absolute Gasteiger partial charge is 0.315 e. The third-order valence-electron chi connectivity index (χ3n) is 4.07. The first-order valence-electron chi connectivity index (χ1n) is 7.30. The van der Waals surface area contributed by atoms with Gasteiger partial charge in [-0.05, 0) is 49.7 Å². The van der Waals surface area contributed by atoms with Gasteiger partial charge in [0.05, 0.1) is 0 Å². The first kappa shape index (κ1) is 14.0. The maximum atomic E-state index is 3.58. The molecule has 1 N–H and O–H groups in total. The van der Waals surface area contributed by atoms with Crippen molar-refractivity contribution in [2.24, 2.45) is 0 Å². The molecule has 2 nitrogen and oxygen atoms in total. The molecule has 0 bridgehead atoms. The van der Waals surface area contributed by atoms with Gasteiger partial charge in [-0.3, -0.25) is 4.90 Å². The molecule has 0 saturated heterocycles. The molecule has 0 radical (unpaired) electrons. The molecule has 1 aliphatic heterocycles. The number of thiophene rings is 1.